The molecular weight excluding hydrogens is 186 g/mol. The van der Waals surface area contributed by atoms with E-state index < -0.39 is 0 Å². The van der Waals surface area contributed by atoms with Gasteiger partial charge in [-0.3, -0.25) is 5.10 Å². The van der Waals surface area contributed by atoms with Crippen LogP contribution in [-0.4, -0.2) is 10.2 Å². The van der Waals surface area contributed by atoms with Gasteiger partial charge in [0.1, 0.15) is 5.82 Å². The van der Waals surface area contributed by atoms with Crippen LogP contribution in [0.4, 0.5) is 5.82 Å². The monoisotopic (exact) mass is 201 g/mol. The van der Waals surface area contributed by atoms with Crippen LogP contribution in [-0.2, 0) is 0 Å². The third kappa shape index (κ3) is 1.73. The van der Waals surface area contributed by atoms with Crippen molar-refractivity contribution in [3.8, 4) is 11.3 Å². The molecule has 0 saturated heterocycles. The van der Waals surface area contributed by atoms with E-state index in [0.29, 0.717) is 5.82 Å². The van der Waals surface area contributed by atoms with E-state index in [9.17, 15) is 0 Å². The highest BCUT2D eigenvalue weighted by Crippen LogP contribution is 2.26. The summed E-state index contributed by atoms with van der Waals surface area (Å²) in [5.74, 6) is 0.531. The van der Waals surface area contributed by atoms with Crippen LogP contribution >= 0.6 is 0 Å². The topological polar surface area (TPSA) is 54.7 Å². The SMILES string of the molecule is Cc1cc(C)c(C)c(-c2cc(N)n[nH]2)c1. The first kappa shape index (κ1) is 9.77. The first-order valence-electron chi connectivity index (χ1n) is 4.97. The van der Waals surface area contributed by atoms with Crippen LogP contribution in [0.15, 0.2) is 18.2 Å². The van der Waals surface area contributed by atoms with Gasteiger partial charge in [0.25, 0.3) is 0 Å². The van der Waals surface area contributed by atoms with E-state index in [1.807, 2.05) is 6.07 Å². The first-order chi connectivity index (χ1) is 7.08. The quantitative estimate of drug-likeness (QED) is 0.745. The van der Waals surface area contributed by atoms with Crippen LogP contribution < -0.4 is 5.73 Å². The Balaban J connectivity index is 2.62. The first-order valence-corrected chi connectivity index (χ1v) is 4.97. The Hall–Kier alpha value is -1.77. The number of benzene rings is 1. The summed E-state index contributed by atoms with van der Waals surface area (Å²) in [7, 11) is 0. The van der Waals surface area contributed by atoms with E-state index in [0.717, 1.165) is 5.69 Å². The van der Waals surface area contributed by atoms with Crippen molar-refractivity contribution in [3.63, 3.8) is 0 Å². The lowest BCUT2D eigenvalue weighted by Crippen LogP contribution is -1.89. The molecule has 78 valence electrons. The Bertz CT molecular complexity index is 498. The largest absolute Gasteiger partial charge is 0.382 e. The molecule has 3 heteroatoms. The van der Waals surface area contributed by atoms with Crippen molar-refractivity contribution < 1.29 is 0 Å². The maximum atomic E-state index is 5.60. The van der Waals surface area contributed by atoms with Gasteiger partial charge in [-0.05, 0) is 38.0 Å². The van der Waals surface area contributed by atoms with Crippen molar-refractivity contribution in [2.24, 2.45) is 0 Å². The van der Waals surface area contributed by atoms with E-state index in [2.05, 4.69) is 43.1 Å². The Morgan fingerprint density at radius 1 is 1.13 bits per heavy atom. The number of aromatic nitrogens is 2. The fourth-order valence-corrected chi connectivity index (χ4v) is 1.79. The third-order valence-electron chi connectivity index (χ3n) is 2.70. The van der Waals surface area contributed by atoms with Gasteiger partial charge >= 0.3 is 0 Å². The summed E-state index contributed by atoms with van der Waals surface area (Å²) in [6, 6.07) is 6.19. The van der Waals surface area contributed by atoms with Gasteiger partial charge in [-0.1, -0.05) is 11.6 Å². The number of nitrogens with one attached hydrogen (secondary N) is 1. The summed E-state index contributed by atoms with van der Waals surface area (Å²) in [6.07, 6.45) is 0. The van der Waals surface area contributed by atoms with Crippen molar-refractivity contribution in [2.45, 2.75) is 20.8 Å². The molecule has 0 unspecified atom stereocenters. The number of nitrogen functional groups attached to an aromatic ring is 1. The van der Waals surface area contributed by atoms with E-state index in [-0.39, 0.29) is 0 Å². The highest BCUT2D eigenvalue weighted by molar-refractivity contribution is 5.67. The Morgan fingerprint density at radius 3 is 2.47 bits per heavy atom. The number of aryl methyl sites for hydroxylation is 2. The molecule has 1 heterocycles. The van der Waals surface area contributed by atoms with Gasteiger partial charge in [-0.15, -0.1) is 0 Å². The number of aromatic amines is 1. The van der Waals surface area contributed by atoms with E-state index in [1.54, 1.807) is 0 Å². The van der Waals surface area contributed by atoms with Crippen LogP contribution in [0.2, 0.25) is 0 Å². The average molecular weight is 201 g/mol. The zero-order chi connectivity index (χ0) is 11.0. The second-order valence-electron chi connectivity index (χ2n) is 3.96. The molecule has 1 aromatic heterocycles. The van der Waals surface area contributed by atoms with Crippen LogP contribution in [0.3, 0.4) is 0 Å². The molecule has 0 amide bonds. The number of nitrogens with two attached hydrogens (primary N) is 1. The van der Waals surface area contributed by atoms with Gasteiger partial charge in [-0.25, -0.2) is 0 Å². The number of anilines is 1. The molecule has 2 aromatic rings. The Labute approximate surface area is 89.3 Å². The molecule has 0 atom stereocenters. The highest BCUT2D eigenvalue weighted by atomic mass is 15.2. The molecule has 0 aliphatic carbocycles. The maximum absolute atomic E-state index is 5.60. The molecule has 0 aliphatic heterocycles. The predicted octanol–water partition coefficient (Wildman–Crippen LogP) is 2.58. The lowest BCUT2D eigenvalue weighted by atomic mass is 9.98. The van der Waals surface area contributed by atoms with Crippen LogP contribution in [0, 0.1) is 20.8 Å². The molecule has 0 spiro atoms. The lowest BCUT2D eigenvalue weighted by Gasteiger charge is -2.08. The van der Waals surface area contributed by atoms with Crippen molar-refractivity contribution in [2.75, 3.05) is 5.73 Å². The molecule has 0 fully saturated rings. The number of rotatable bonds is 1. The van der Waals surface area contributed by atoms with Crippen LogP contribution in [0.1, 0.15) is 16.7 Å². The van der Waals surface area contributed by atoms with E-state index in [1.165, 1.54) is 22.3 Å². The molecule has 0 radical (unpaired) electrons. The third-order valence-corrected chi connectivity index (χ3v) is 2.70. The second-order valence-corrected chi connectivity index (χ2v) is 3.96. The summed E-state index contributed by atoms with van der Waals surface area (Å²) in [5.41, 5.74) is 11.6. The minimum absolute atomic E-state index is 0.531. The number of nitrogens with zero attached hydrogens (tertiary/aromatic N) is 1. The van der Waals surface area contributed by atoms with Gasteiger partial charge < -0.3 is 5.73 Å². The zero-order valence-electron chi connectivity index (χ0n) is 9.26. The highest BCUT2D eigenvalue weighted by Gasteiger charge is 2.07. The number of hydrogen-bond acceptors (Lipinski definition) is 2. The Kier molecular flexibility index (Phi) is 2.23. The van der Waals surface area contributed by atoms with Gasteiger partial charge in [-0.2, -0.15) is 5.10 Å². The molecule has 0 bridgehead atoms. The molecule has 0 saturated carbocycles. The number of H-pyrrole nitrogens is 1. The molecule has 1 aromatic carbocycles. The zero-order valence-corrected chi connectivity index (χ0v) is 9.26. The molecular formula is C12H15N3. The lowest BCUT2D eigenvalue weighted by molar-refractivity contribution is 1.10. The maximum Gasteiger partial charge on any atom is 0.145 e. The molecule has 3 N–H and O–H groups in total. The van der Waals surface area contributed by atoms with Crippen molar-refractivity contribution in [1.82, 2.24) is 10.2 Å². The smallest absolute Gasteiger partial charge is 0.145 e. The summed E-state index contributed by atoms with van der Waals surface area (Å²) in [5, 5.41) is 6.89. The summed E-state index contributed by atoms with van der Waals surface area (Å²) in [4.78, 5) is 0. The van der Waals surface area contributed by atoms with Crippen LogP contribution in [0.5, 0.6) is 0 Å². The van der Waals surface area contributed by atoms with Gasteiger partial charge in [0.15, 0.2) is 0 Å². The van der Waals surface area contributed by atoms with Crippen molar-refractivity contribution >= 4 is 5.82 Å². The Morgan fingerprint density at radius 2 is 1.87 bits per heavy atom. The van der Waals surface area contributed by atoms with Crippen molar-refractivity contribution in [3.05, 3.63) is 34.9 Å². The van der Waals surface area contributed by atoms with E-state index >= 15 is 0 Å². The fraction of sp³-hybridized carbons (Fsp3) is 0.250. The summed E-state index contributed by atoms with van der Waals surface area (Å²) < 4.78 is 0. The number of hydrogen-bond donors (Lipinski definition) is 2. The van der Waals surface area contributed by atoms with Gasteiger partial charge in [0.05, 0.1) is 5.69 Å². The molecule has 3 nitrogen and oxygen atoms in total. The summed E-state index contributed by atoms with van der Waals surface area (Å²) >= 11 is 0. The standard InChI is InChI=1S/C12H15N3/c1-7-4-8(2)9(3)10(5-7)11-6-12(13)15-14-11/h4-6H,1-3H3,(H3,13,14,15). The van der Waals surface area contributed by atoms with Crippen molar-refractivity contribution in [1.29, 1.82) is 0 Å². The van der Waals surface area contributed by atoms with E-state index in [4.69, 9.17) is 5.73 Å². The summed E-state index contributed by atoms with van der Waals surface area (Å²) in [6.45, 7) is 6.32. The van der Waals surface area contributed by atoms with Crippen LogP contribution in [0.25, 0.3) is 11.3 Å². The van der Waals surface area contributed by atoms with Gasteiger partial charge in [0, 0.05) is 11.6 Å². The molecule has 2 rings (SSSR count). The fourth-order valence-electron chi connectivity index (χ4n) is 1.79. The second kappa shape index (κ2) is 3.42. The minimum atomic E-state index is 0.531. The molecule has 0 aliphatic rings. The molecule has 15 heavy (non-hydrogen) atoms. The predicted molar refractivity (Wildman–Crippen MR) is 62.6 cm³/mol. The average Bonchev–Trinajstić information content (AvgIpc) is 2.58. The normalized spacial score (nSPS) is 10.6. The van der Waals surface area contributed by atoms with Gasteiger partial charge in [0.2, 0.25) is 0 Å². The minimum Gasteiger partial charge on any atom is -0.382 e.